The van der Waals surface area contributed by atoms with Crippen molar-refractivity contribution in [1.29, 1.82) is 0 Å². The van der Waals surface area contributed by atoms with Crippen LogP contribution in [0.5, 0.6) is 0 Å². The fourth-order valence-electron chi connectivity index (χ4n) is 0.755. The molecular formula is C4H7O3P. The molecule has 46 valence electrons. The topological polar surface area (TPSA) is 27.7 Å². The van der Waals surface area contributed by atoms with Gasteiger partial charge >= 0.3 is 0 Å². The van der Waals surface area contributed by atoms with Gasteiger partial charge < -0.3 is 14.2 Å². The molecule has 0 amide bonds. The fourth-order valence-corrected chi connectivity index (χ4v) is 1.98. The van der Waals surface area contributed by atoms with Crippen LogP contribution in [0.15, 0.2) is 0 Å². The number of ether oxygens (including phenoxy) is 3. The zero-order valence-corrected chi connectivity index (χ0v) is 5.27. The Hall–Kier alpha value is 0.310. The molecule has 0 aromatic rings. The molecule has 0 N–H and O–H groups in total. The minimum Gasteiger partial charge on any atom is -0.325 e. The van der Waals surface area contributed by atoms with Crippen molar-refractivity contribution in [2.24, 2.45) is 0 Å². The van der Waals surface area contributed by atoms with Crippen molar-refractivity contribution in [3.8, 4) is 0 Å². The van der Waals surface area contributed by atoms with E-state index in [0.29, 0.717) is 0 Å². The van der Waals surface area contributed by atoms with Crippen LogP contribution in [0.4, 0.5) is 0 Å². The molecule has 0 unspecified atom stereocenters. The van der Waals surface area contributed by atoms with E-state index in [-0.39, 0.29) is 14.4 Å². The number of fused-ring (bicyclic) bond motifs is 3. The van der Waals surface area contributed by atoms with E-state index < -0.39 is 0 Å². The monoisotopic (exact) mass is 134 g/mol. The first kappa shape index (κ1) is 5.12. The van der Waals surface area contributed by atoms with Crippen LogP contribution in [0.3, 0.4) is 0 Å². The van der Waals surface area contributed by atoms with Gasteiger partial charge in [0.1, 0.15) is 0 Å². The van der Waals surface area contributed by atoms with Gasteiger partial charge in [0.25, 0.3) is 6.48 Å². The lowest BCUT2D eigenvalue weighted by Gasteiger charge is -2.35. The average Bonchev–Trinajstić information content (AvgIpc) is 1.92. The van der Waals surface area contributed by atoms with Gasteiger partial charge in [-0.1, -0.05) is 0 Å². The quantitative estimate of drug-likeness (QED) is 0.456. The summed E-state index contributed by atoms with van der Waals surface area (Å²) in [6.07, 6.45) is 2.62. The van der Waals surface area contributed by atoms with E-state index in [2.05, 4.69) is 0 Å². The number of rotatable bonds is 0. The van der Waals surface area contributed by atoms with Crippen molar-refractivity contribution in [2.75, 3.05) is 19.0 Å². The molecule has 0 saturated carbocycles. The standard InChI is InChI=1S/C4H7O3P/c1-5-4-6-2-8(1)3-7-4/h4H,1-3H2. The second-order valence-corrected chi connectivity index (χ2v) is 3.96. The Morgan fingerprint density at radius 2 is 1.50 bits per heavy atom. The van der Waals surface area contributed by atoms with Gasteiger partial charge in [-0.2, -0.15) is 0 Å². The van der Waals surface area contributed by atoms with Gasteiger partial charge in [0, 0.05) is 0 Å². The van der Waals surface area contributed by atoms with Gasteiger partial charge in [0.2, 0.25) is 0 Å². The summed E-state index contributed by atoms with van der Waals surface area (Å²) in [5.74, 6) is 0. The van der Waals surface area contributed by atoms with Gasteiger partial charge in [0.05, 0.1) is 19.0 Å². The average molecular weight is 134 g/mol. The fraction of sp³-hybridized carbons (Fsp3) is 1.00. The van der Waals surface area contributed by atoms with Gasteiger partial charge in [-0.3, -0.25) is 0 Å². The van der Waals surface area contributed by atoms with Crippen molar-refractivity contribution in [1.82, 2.24) is 0 Å². The molecule has 3 fully saturated rings. The van der Waals surface area contributed by atoms with Crippen LogP contribution >= 0.6 is 7.92 Å². The zero-order valence-electron chi connectivity index (χ0n) is 4.37. The van der Waals surface area contributed by atoms with Gasteiger partial charge in [-0.25, -0.2) is 0 Å². The molecule has 8 heavy (non-hydrogen) atoms. The van der Waals surface area contributed by atoms with Crippen LogP contribution in [-0.4, -0.2) is 25.5 Å². The lowest BCUT2D eigenvalue weighted by molar-refractivity contribution is -0.288. The maximum absolute atomic E-state index is 5.06. The molecule has 4 heteroatoms. The van der Waals surface area contributed by atoms with E-state index in [9.17, 15) is 0 Å². The minimum absolute atomic E-state index is 0.0702. The third-order valence-corrected chi connectivity index (χ3v) is 2.72. The molecule has 0 aliphatic carbocycles. The first-order chi connectivity index (χ1) is 3.95. The SMILES string of the molecule is C1OC2OCP1CO2. The van der Waals surface area contributed by atoms with Gasteiger partial charge in [0.15, 0.2) is 0 Å². The predicted molar refractivity (Wildman–Crippen MR) is 28.6 cm³/mol. The molecule has 3 saturated heterocycles. The van der Waals surface area contributed by atoms with E-state index in [1.54, 1.807) is 0 Å². The van der Waals surface area contributed by atoms with Crippen molar-refractivity contribution < 1.29 is 14.2 Å². The Morgan fingerprint density at radius 3 is 1.62 bits per heavy atom. The third kappa shape index (κ3) is 0.759. The molecule has 0 radical (unpaired) electrons. The Kier molecular flexibility index (Phi) is 1.23. The van der Waals surface area contributed by atoms with Crippen LogP contribution in [-0.2, 0) is 14.2 Å². The van der Waals surface area contributed by atoms with Crippen LogP contribution in [0.1, 0.15) is 0 Å². The van der Waals surface area contributed by atoms with E-state index in [0.717, 1.165) is 19.0 Å². The molecule has 3 heterocycles. The predicted octanol–water partition coefficient (Wildman–Crippen LogP) is 0.701. The molecule has 3 rings (SSSR count). The van der Waals surface area contributed by atoms with E-state index in [1.807, 2.05) is 0 Å². The summed E-state index contributed by atoms with van der Waals surface area (Å²) >= 11 is 0. The summed E-state index contributed by atoms with van der Waals surface area (Å²) in [6.45, 7) is -0.331. The highest BCUT2D eigenvalue weighted by Gasteiger charge is 2.28. The first-order valence-corrected chi connectivity index (χ1v) is 4.42. The summed E-state index contributed by atoms with van der Waals surface area (Å²) in [4.78, 5) is 0. The van der Waals surface area contributed by atoms with E-state index >= 15 is 0 Å². The minimum atomic E-state index is -0.331. The summed E-state index contributed by atoms with van der Waals surface area (Å²) in [7, 11) is -0.0702. The van der Waals surface area contributed by atoms with Crippen LogP contribution in [0, 0.1) is 0 Å². The maximum atomic E-state index is 5.06. The highest BCUT2D eigenvalue weighted by atomic mass is 31.1. The molecule has 0 aromatic heterocycles. The molecular weight excluding hydrogens is 127 g/mol. The molecule has 0 atom stereocenters. The van der Waals surface area contributed by atoms with Crippen molar-refractivity contribution >= 4 is 7.92 Å². The highest BCUT2D eigenvalue weighted by Crippen LogP contribution is 2.44. The largest absolute Gasteiger partial charge is 0.325 e. The summed E-state index contributed by atoms with van der Waals surface area (Å²) in [6, 6.07) is 0. The molecule has 0 spiro atoms. The van der Waals surface area contributed by atoms with Crippen molar-refractivity contribution in [3.63, 3.8) is 0 Å². The maximum Gasteiger partial charge on any atom is 0.272 e. The second-order valence-electron chi connectivity index (χ2n) is 1.85. The molecule has 0 aromatic carbocycles. The highest BCUT2D eigenvalue weighted by molar-refractivity contribution is 7.57. The lowest BCUT2D eigenvalue weighted by Crippen LogP contribution is -2.33. The van der Waals surface area contributed by atoms with Gasteiger partial charge in [-0.15, -0.1) is 0 Å². The Bertz CT molecular complexity index is 66.3. The van der Waals surface area contributed by atoms with Gasteiger partial charge in [-0.05, 0) is 7.92 Å². The summed E-state index contributed by atoms with van der Waals surface area (Å²) in [5.41, 5.74) is 0. The Morgan fingerprint density at radius 1 is 1.00 bits per heavy atom. The normalized spacial score (nSPS) is 45.0. The molecule has 3 nitrogen and oxygen atoms in total. The number of hydrogen-bond acceptors (Lipinski definition) is 3. The lowest BCUT2D eigenvalue weighted by atomic mass is 11.1. The van der Waals surface area contributed by atoms with Crippen molar-refractivity contribution in [2.45, 2.75) is 6.48 Å². The molecule has 3 aliphatic rings. The second kappa shape index (κ2) is 1.92. The summed E-state index contributed by atoms with van der Waals surface area (Å²) in [5, 5.41) is 0. The smallest absolute Gasteiger partial charge is 0.272 e. The van der Waals surface area contributed by atoms with Crippen LogP contribution in [0.25, 0.3) is 0 Å². The first-order valence-electron chi connectivity index (χ1n) is 2.52. The van der Waals surface area contributed by atoms with E-state index in [4.69, 9.17) is 14.2 Å². The zero-order chi connectivity index (χ0) is 5.40. The van der Waals surface area contributed by atoms with Crippen LogP contribution in [0.2, 0.25) is 0 Å². The third-order valence-electron chi connectivity index (χ3n) is 1.18. The Labute approximate surface area is 48.7 Å². The Balaban J connectivity index is 2.03. The number of hydrogen-bond donors (Lipinski definition) is 0. The molecule has 3 aliphatic heterocycles. The van der Waals surface area contributed by atoms with Crippen LogP contribution < -0.4 is 0 Å². The van der Waals surface area contributed by atoms with Crippen molar-refractivity contribution in [3.05, 3.63) is 0 Å². The molecule has 2 bridgehead atoms. The summed E-state index contributed by atoms with van der Waals surface area (Å²) < 4.78 is 15.2. The van der Waals surface area contributed by atoms with E-state index in [1.165, 1.54) is 0 Å².